The van der Waals surface area contributed by atoms with Crippen LogP contribution >= 0.6 is 12.4 Å². The van der Waals surface area contributed by atoms with Crippen molar-refractivity contribution < 1.29 is 4.79 Å². The number of carbonyl (C=O) groups is 1. The summed E-state index contributed by atoms with van der Waals surface area (Å²) >= 11 is 0. The third-order valence-corrected chi connectivity index (χ3v) is 8.64. The first-order valence-corrected chi connectivity index (χ1v) is 13.3. The van der Waals surface area contributed by atoms with E-state index < -0.39 is 5.54 Å². The van der Waals surface area contributed by atoms with Gasteiger partial charge in [0.25, 0.3) is 0 Å². The van der Waals surface area contributed by atoms with Crippen molar-refractivity contribution in [2.75, 3.05) is 0 Å². The van der Waals surface area contributed by atoms with Crippen molar-refractivity contribution in [1.82, 2.24) is 14.5 Å². The summed E-state index contributed by atoms with van der Waals surface area (Å²) in [6, 6.07) is 18.6. The van der Waals surface area contributed by atoms with Gasteiger partial charge in [0, 0.05) is 17.1 Å². The van der Waals surface area contributed by atoms with Crippen LogP contribution in [0.25, 0.3) is 33.3 Å². The van der Waals surface area contributed by atoms with E-state index in [0.29, 0.717) is 0 Å². The first kappa shape index (κ1) is 24.8. The van der Waals surface area contributed by atoms with Gasteiger partial charge in [0.2, 0.25) is 5.91 Å². The lowest BCUT2D eigenvalue weighted by Gasteiger charge is -2.48. The molecule has 0 aliphatic heterocycles. The Morgan fingerprint density at radius 3 is 2.17 bits per heavy atom. The molecule has 0 unspecified atom stereocenters. The summed E-state index contributed by atoms with van der Waals surface area (Å²) in [4.78, 5) is 23.6. The standard InChI is InChI=1S/C30H34N4O.ClH/c31-29(35)30(23-11-3-1-4-12-23,24-13-5-2-6-14-24)34-27-16-8-7-15-26(27)33-28(34)22-17-18-25-21(20-22)10-9-19-32-25;/h7-10,15-20,23-24H,1-6,11-14H2,(H2,31,35);1H. The summed E-state index contributed by atoms with van der Waals surface area (Å²) in [5, 5.41) is 1.07. The smallest absolute Gasteiger partial charge is 0.244 e. The van der Waals surface area contributed by atoms with E-state index in [-0.39, 0.29) is 30.2 Å². The Kier molecular flexibility index (Phi) is 7.03. The van der Waals surface area contributed by atoms with E-state index in [1.165, 1.54) is 12.8 Å². The number of fused-ring (bicyclic) bond motifs is 2. The molecule has 6 rings (SSSR count). The summed E-state index contributed by atoms with van der Waals surface area (Å²) in [5.74, 6) is 1.14. The fourth-order valence-electron chi connectivity index (χ4n) is 7.11. The quantitative estimate of drug-likeness (QED) is 0.319. The highest BCUT2D eigenvalue weighted by Gasteiger charge is 2.53. The van der Waals surface area contributed by atoms with Gasteiger partial charge in [-0.25, -0.2) is 4.98 Å². The van der Waals surface area contributed by atoms with Gasteiger partial charge in [0.15, 0.2) is 0 Å². The van der Waals surface area contributed by atoms with E-state index in [1.807, 2.05) is 18.3 Å². The molecule has 4 aromatic rings. The third-order valence-electron chi connectivity index (χ3n) is 8.64. The molecule has 0 bridgehead atoms. The number of pyridine rings is 1. The van der Waals surface area contributed by atoms with Crippen LogP contribution in [0.5, 0.6) is 0 Å². The van der Waals surface area contributed by atoms with Crippen LogP contribution in [0.15, 0.2) is 60.8 Å². The molecule has 2 aliphatic rings. The maximum atomic E-state index is 13.9. The maximum Gasteiger partial charge on any atom is 0.244 e. The Balaban J connectivity index is 0.00000267. The molecular formula is C30H35ClN4O. The van der Waals surface area contributed by atoms with Crippen LogP contribution in [-0.4, -0.2) is 20.4 Å². The lowest BCUT2D eigenvalue weighted by molar-refractivity contribution is -0.135. The Hall–Kier alpha value is -2.92. The number of amides is 1. The predicted molar refractivity (Wildman–Crippen MR) is 148 cm³/mol. The summed E-state index contributed by atoms with van der Waals surface area (Å²) < 4.78 is 2.30. The van der Waals surface area contributed by atoms with Gasteiger partial charge in [-0.3, -0.25) is 9.78 Å². The summed E-state index contributed by atoms with van der Waals surface area (Å²) in [6.07, 6.45) is 13.1. The van der Waals surface area contributed by atoms with Crippen molar-refractivity contribution in [3.63, 3.8) is 0 Å². The Bertz CT molecular complexity index is 1350. The van der Waals surface area contributed by atoms with Crippen molar-refractivity contribution >= 4 is 40.3 Å². The lowest BCUT2D eigenvalue weighted by Crippen LogP contribution is -2.58. The zero-order chi connectivity index (χ0) is 23.8. The van der Waals surface area contributed by atoms with Gasteiger partial charge in [0.05, 0.1) is 16.6 Å². The molecule has 188 valence electrons. The molecule has 2 saturated carbocycles. The van der Waals surface area contributed by atoms with Crippen LogP contribution in [0.3, 0.4) is 0 Å². The molecule has 2 fully saturated rings. The van der Waals surface area contributed by atoms with Gasteiger partial charge in [0.1, 0.15) is 11.4 Å². The second-order valence-corrected chi connectivity index (χ2v) is 10.5. The monoisotopic (exact) mass is 502 g/mol. The Morgan fingerprint density at radius 2 is 1.50 bits per heavy atom. The molecule has 5 nitrogen and oxygen atoms in total. The minimum absolute atomic E-state index is 0. The normalized spacial score (nSPS) is 17.8. The minimum Gasteiger partial charge on any atom is -0.368 e. The molecular weight excluding hydrogens is 468 g/mol. The van der Waals surface area contributed by atoms with E-state index in [2.05, 4.69) is 52.0 Å². The fourth-order valence-corrected chi connectivity index (χ4v) is 7.11. The second-order valence-electron chi connectivity index (χ2n) is 10.5. The van der Waals surface area contributed by atoms with Crippen LogP contribution in [0.4, 0.5) is 0 Å². The zero-order valence-corrected chi connectivity index (χ0v) is 21.6. The number of hydrogen-bond donors (Lipinski definition) is 1. The zero-order valence-electron chi connectivity index (χ0n) is 20.7. The van der Waals surface area contributed by atoms with Crippen molar-refractivity contribution in [1.29, 1.82) is 0 Å². The van der Waals surface area contributed by atoms with Crippen LogP contribution in [0.2, 0.25) is 0 Å². The third kappa shape index (κ3) is 3.98. The molecule has 2 aromatic carbocycles. The molecule has 2 N–H and O–H groups in total. The molecule has 6 heteroatoms. The number of carbonyl (C=O) groups excluding carboxylic acids is 1. The van der Waals surface area contributed by atoms with Gasteiger partial charge >= 0.3 is 0 Å². The van der Waals surface area contributed by atoms with Gasteiger partial charge < -0.3 is 10.3 Å². The minimum atomic E-state index is -0.768. The largest absolute Gasteiger partial charge is 0.368 e. The first-order chi connectivity index (χ1) is 17.2. The fraction of sp³-hybridized carbons (Fsp3) is 0.433. The van der Waals surface area contributed by atoms with Crippen molar-refractivity contribution in [3.8, 4) is 11.4 Å². The van der Waals surface area contributed by atoms with E-state index in [4.69, 9.17) is 10.7 Å². The predicted octanol–water partition coefficient (Wildman–Crippen LogP) is 7.01. The van der Waals surface area contributed by atoms with E-state index in [0.717, 1.165) is 84.7 Å². The second kappa shape index (κ2) is 10.2. The van der Waals surface area contributed by atoms with Gasteiger partial charge in [-0.15, -0.1) is 12.4 Å². The number of primary amides is 1. The number of benzene rings is 2. The number of rotatable bonds is 5. The molecule has 2 aliphatic carbocycles. The summed E-state index contributed by atoms with van der Waals surface area (Å²) in [5.41, 5.74) is 9.70. The number of halogens is 1. The number of nitrogens with zero attached hydrogens (tertiary/aromatic N) is 3. The van der Waals surface area contributed by atoms with Crippen molar-refractivity contribution in [2.45, 2.75) is 69.7 Å². The average Bonchev–Trinajstić information content (AvgIpc) is 3.30. The van der Waals surface area contributed by atoms with E-state index in [9.17, 15) is 4.79 Å². The molecule has 2 aromatic heterocycles. The van der Waals surface area contributed by atoms with E-state index >= 15 is 0 Å². The van der Waals surface area contributed by atoms with Crippen LogP contribution in [0, 0.1) is 11.8 Å². The number of para-hydroxylation sites is 2. The molecule has 1 amide bonds. The Morgan fingerprint density at radius 1 is 0.833 bits per heavy atom. The summed E-state index contributed by atoms with van der Waals surface area (Å²) in [6.45, 7) is 0. The van der Waals surface area contributed by atoms with Crippen LogP contribution in [0.1, 0.15) is 64.2 Å². The topological polar surface area (TPSA) is 73.8 Å². The highest BCUT2D eigenvalue weighted by Crippen LogP contribution is 2.50. The molecule has 0 spiro atoms. The maximum absolute atomic E-state index is 13.9. The number of nitrogens with two attached hydrogens (primary N) is 1. The molecule has 2 heterocycles. The number of hydrogen-bond acceptors (Lipinski definition) is 3. The molecule has 36 heavy (non-hydrogen) atoms. The van der Waals surface area contributed by atoms with Gasteiger partial charge in [-0.2, -0.15) is 0 Å². The number of aromatic nitrogens is 3. The van der Waals surface area contributed by atoms with Crippen LogP contribution in [-0.2, 0) is 10.3 Å². The summed E-state index contributed by atoms with van der Waals surface area (Å²) in [7, 11) is 0. The Labute approximate surface area is 218 Å². The van der Waals surface area contributed by atoms with Crippen molar-refractivity contribution in [3.05, 3.63) is 60.8 Å². The SMILES string of the molecule is Cl.NC(=O)C(C1CCCCC1)(C1CCCCC1)n1c(-c2ccc3ncccc3c2)nc2ccccc21. The molecule has 0 atom stereocenters. The molecule has 0 saturated heterocycles. The lowest BCUT2D eigenvalue weighted by atomic mass is 9.63. The van der Waals surface area contributed by atoms with Gasteiger partial charge in [-0.1, -0.05) is 56.7 Å². The average molecular weight is 503 g/mol. The van der Waals surface area contributed by atoms with Gasteiger partial charge in [-0.05, 0) is 73.9 Å². The van der Waals surface area contributed by atoms with Crippen LogP contribution < -0.4 is 5.73 Å². The number of imidazole rings is 1. The first-order valence-electron chi connectivity index (χ1n) is 13.3. The van der Waals surface area contributed by atoms with Crippen molar-refractivity contribution in [2.24, 2.45) is 17.6 Å². The highest BCUT2D eigenvalue weighted by atomic mass is 35.5. The molecule has 0 radical (unpaired) electrons. The highest BCUT2D eigenvalue weighted by molar-refractivity contribution is 5.91. The van der Waals surface area contributed by atoms with E-state index in [1.54, 1.807) is 0 Å².